The van der Waals surface area contributed by atoms with E-state index in [0.29, 0.717) is 38.7 Å². The molecule has 0 saturated carbocycles. The monoisotopic (exact) mass is 504 g/mol. The topological polar surface area (TPSA) is 115 Å². The van der Waals surface area contributed by atoms with Gasteiger partial charge in [-0.15, -0.1) is 5.10 Å². The first-order chi connectivity index (χ1) is 17.0. The van der Waals surface area contributed by atoms with Crippen LogP contribution >= 0.6 is 23.2 Å². The number of rotatable bonds is 6. The number of nitrogens with zero attached hydrogens (tertiary/aromatic N) is 5. The molecule has 3 N–H and O–H groups in total. The van der Waals surface area contributed by atoms with Gasteiger partial charge in [0.2, 0.25) is 0 Å². The highest BCUT2D eigenvalue weighted by Crippen LogP contribution is 2.37. The predicted octanol–water partition coefficient (Wildman–Crippen LogP) is 6.01. The molecule has 2 aromatic carbocycles. The highest BCUT2D eigenvalue weighted by atomic mass is 35.5. The molecule has 0 fully saturated rings. The van der Waals surface area contributed by atoms with Crippen molar-refractivity contribution in [2.45, 2.75) is 6.04 Å². The fourth-order valence-electron chi connectivity index (χ4n) is 3.67. The molecule has 0 aliphatic heterocycles. The van der Waals surface area contributed by atoms with Gasteiger partial charge < -0.3 is 10.6 Å². The van der Waals surface area contributed by atoms with Crippen molar-refractivity contribution in [2.75, 3.05) is 10.6 Å². The van der Waals surface area contributed by atoms with Crippen LogP contribution in [0.2, 0.25) is 10.0 Å². The van der Waals surface area contributed by atoms with Crippen molar-refractivity contribution >= 4 is 51.2 Å². The Morgan fingerprint density at radius 1 is 1.06 bits per heavy atom. The summed E-state index contributed by atoms with van der Waals surface area (Å²) in [7, 11) is 0. The Bertz CT molecular complexity index is 1550. The van der Waals surface area contributed by atoms with Crippen molar-refractivity contribution in [3.8, 4) is 6.07 Å². The lowest BCUT2D eigenvalue weighted by molar-refractivity contribution is 0.628. The number of benzene rings is 2. The average molecular weight is 505 g/mol. The van der Waals surface area contributed by atoms with Gasteiger partial charge >= 0.3 is 0 Å². The Hall–Kier alpha value is -4.26. The smallest absolute Gasteiger partial charge is 0.141 e. The summed E-state index contributed by atoms with van der Waals surface area (Å²) < 4.78 is 13.7. The van der Waals surface area contributed by atoms with Gasteiger partial charge in [-0.1, -0.05) is 34.5 Å². The fourth-order valence-corrected chi connectivity index (χ4v) is 4.12. The van der Waals surface area contributed by atoms with Crippen LogP contribution in [0.5, 0.6) is 0 Å². The van der Waals surface area contributed by atoms with Crippen LogP contribution < -0.4 is 10.6 Å². The number of aromatic nitrogens is 5. The summed E-state index contributed by atoms with van der Waals surface area (Å²) in [6.45, 7) is 0. The van der Waals surface area contributed by atoms with E-state index in [2.05, 4.69) is 42.1 Å². The minimum atomic E-state index is -0.541. The molecule has 11 heteroatoms. The maximum absolute atomic E-state index is 13.7. The average Bonchev–Trinajstić information content (AvgIpc) is 3.40. The number of H-pyrrole nitrogens is 1. The van der Waals surface area contributed by atoms with Crippen LogP contribution in [-0.4, -0.2) is 25.4 Å². The second-order valence-corrected chi connectivity index (χ2v) is 8.34. The van der Waals surface area contributed by atoms with Crippen molar-refractivity contribution in [1.29, 1.82) is 5.26 Å². The number of hydrogen-bond donors (Lipinski definition) is 3. The summed E-state index contributed by atoms with van der Waals surface area (Å²) in [5, 5.41) is 27.9. The minimum absolute atomic E-state index is 0.0424. The third kappa shape index (κ3) is 4.57. The molecular formula is C24H15Cl2FN8. The molecule has 8 nitrogen and oxygen atoms in total. The van der Waals surface area contributed by atoms with E-state index in [9.17, 15) is 9.65 Å². The van der Waals surface area contributed by atoms with Gasteiger partial charge in [0, 0.05) is 41.5 Å². The first-order valence-corrected chi connectivity index (χ1v) is 11.1. The molecule has 0 spiro atoms. The van der Waals surface area contributed by atoms with E-state index >= 15 is 0 Å². The lowest BCUT2D eigenvalue weighted by atomic mass is 10.0. The molecule has 0 unspecified atom stereocenters. The van der Waals surface area contributed by atoms with Crippen LogP contribution in [-0.2, 0) is 0 Å². The molecule has 0 saturated heterocycles. The van der Waals surface area contributed by atoms with Gasteiger partial charge in [0.15, 0.2) is 0 Å². The van der Waals surface area contributed by atoms with Crippen molar-refractivity contribution in [3.63, 3.8) is 0 Å². The zero-order chi connectivity index (χ0) is 24.4. The molecule has 35 heavy (non-hydrogen) atoms. The van der Waals surface area contributed by atoms with Gasteiger partial charge in [0.1, 0.15) is 17.6 Å². The van der Waals surface area contributed by atoms with E-state index < -0.39 is 5.82 Å². The highest BCUT2D eigenvalue weighted by molar-refractivity contribution is 6.36. The van der Waals surface area contributed by atoms with E-state index in [0.717, 1.165) is 5.56 Å². The van der Waals surface area contributed by atoms with Crippen LogP contribution in [0, 0.1) is 17.1 Å². The molecule has 1 atom stereocenters. The van der Waals surface area contributed by atoms with Gasteiger partial charge in [-0.3, -0.25) is 15.1 Å². The molecule has 5 aromatic rings. The normalized spacial score (nSPS) is 11.7. The number of hydrogen-bond acceptors (Lipinski definition) is 7. The van der Waals surface area contributed by atoms with E-state index in [4.69, 9.17) is 23.2 Å². The van der Waals surface area contributed by atoms with Gasteiger partial charge in [-0.05, 0) is 42.0 Å². The fraction of sp³-hybridized carbons (Fsp3) is 0.0417. The maximum Gasteiger partial charge on any atom is 0.141 e. The number of pyridine rings is 2. The maximum atomic E-state index is 13.7. The minimum Gasteiger partial charge on any atom is -0.373 e. The summed E-state index contributed by atoms with van der Waals surface area (Å²) in [5.74, 6) is -0.541. The Morgan fingerprint density at radius 3 is 2.63 bits per heavy atom. The molecule has 0 aliphatic carbocycles. The van der Waals surface area contributed by atoms with Crippen LogP contribution in [0.15, 0.2) is 67.3 Å². The number of nitriles is 1. The van der Waals surface area contributed by atoms with Gasteiger partial charge in [-0.2, -0.15) is 5.26 Å². The first kappa shape index (κ1) is 22.5. The van der Waals surface area contributed by atoms with Crippen LogP contribution in [0.3, 0.4) is 0 Å². The second kappa shape index (κ2) is 9.54. The Kier molecular flexibility index (Phi) is 6.14. The summed E-state index contributed by atoms with van der Waals surface area (Å²) in [6, 6.07) is 13.3. The zero-order valence-corrected chi connectivity index (χ0v) is 19.3. The summed E-state index contributed by atoms with van der Waals surface area (Å²) >= 11 is 12.5. The summed E-state index contributed by atoms with van der Waals surface area (Å²) in [4.78, 5) is 8.57. The number of anilines is 3. The SMILES string of the molecule is N#Cc1cnc2c(Cl)cc(N[C@@H](c3cccnc3)c3c[nH]nn3)cc2c1Nc1ccc(F)c(Cl)c1. The number of fused-ring (bicyclic) bond motifs is 1. The van der Waals surface area contributed by atoms with Crippen LogP contribution in [0.25, 0.3) is 10.9 Å². The number of aromatic amines is 1. The van der Waals surface area contributed by atoms with Crippen LogP contribution in [0.4, 0.5) is 21.5 Å². The van der Waals surface area contributed by atoms with Crippen molar-refractivity contribution in [1.82, 2.24) is 25.4 Å². The van der Waals surface area contributed by atoms with Crippen LogP contribution in [0.1, 0.15) is 22.9 Å². The standard InChI is InChI=1S/C24H15Cl2FN8/c25-18-7-15(3-4-20(18)27)32-22-14(9-28)11-30-24-17(22)6-16(8-19(24)26)33-23(21-12-31-35-34-21)13-2-1-5-29-10-13/h1-8,10-12,23,33H,(H,30,32)(H,31,34,35)/t23-/m0/s1. The number of nitrogens with one attached hydrogen (secondary N) is 3. The van der Waals surface area contributed by atoms with Crippen molar-refractivity contribution in [2.24, 2.45) is 0 Å². The molecule has 0 bridgehead atoms. The molecule has 172 valence electrons. The van der Waals surface area contributed by atoms with Gasteiger partial charge in [0.25, 0.3) is 0 Å². The molecule has 3 aromatic heterocycles. The Balaban J connectivity index is 1.61. The summed E-state index contributed by atoms with van der Waals surface area (Å²) in [5.41, 5.74) is 3.91. The second-order valence-electron chi connectivity index (χ2n) is 7.53. The molecular weight excluding hydrogens is 490 g/mol. The zero-order valence-electron chi connectivity index (χ0n) is 17.8. The quantitative estimate of drug-likeness (QED) is 0.259. The third-order valence-corrected chi connectivity index (χ3v) is 5.87. The lowest BCUT2D eigenvalue weighted by Crippen LogP contribution is -2.13. The molecule has 3 heterocycles. The third-order valence-electron chi connectivity index (χ3n) is 5.29. The van der Waals surface area contributed by atoms with E-state index in [1.807, 2.05) is 18.2 Å². The Labute approximate surface area is 208 Å². The van der Waals surface area contributed by atoms with E-state index in [1.54, 1.807) is 24.7 Å². The van der Waals surface area contributed by atoms with E-state index in [-0.39, 0.29) is 16.6 Å². The van der Waals surface area contributed by atoms with E-state index in [1.165, 1.54) is 24.4 Å². The largest absolute Gasteiger partial charge is 0.373 e. The summed E-state index contributed by atoms with van der Waals surface area (Å²) in [6.07, 6.45) is 6.54. The molecule has 0 amide bonds. The highest BCUT2D eigenvalue weighted by Gasteiger charge is 2.19. The predicted molar refractivity (Wildman–Crippen MR) is 132 cm³/mol. The lowest BCUT2D eigenvalue weighted by Gasteiger charge is -2.19. The van der Waals surface area contributed by atoms with Crippen molar-refractivity contribution < 1.29 is 4.39 Å². The Morgan fingerprint density at radius 2 is 1.91 bits per heavy atom. The molecule has 0 aliphatic rings. The van der Waals surface area contributed by atoms with Gasteiger partial charge in [0.05, 0.1) is 32.9 Å². The number of halogens is 3. The molecule has 0 radical (unpaired) electrons. The van der Waals surface area contributed by atoms with Gasteiger partial charge in [-0.25, -0.2) is 4.39 Å². The van der Waals surface area contributed by atoms with Crippen molar-refractivity contribution in [3.05, 3.63) is 99.9 Å². The first-order valence-electron chi connectivity index (χ1n) is 10.3. The molecule has 5 rings (SSSR count).